The minimum absolute atomic E-state index is 0.363. The van der Waals surface area contributed by atoms with E-state index >= 15 is 0 Å². The average molecular weight is 485 g/mol. The number of rotatable bonds is 21. The van der Waals surface area contributed by atoms with Crippen LogP contribution >= 0.6 is 21.6 Å². The SMILES string of the molecule is CCCCCCCCCCCCCCCCCCO.O=C(O)C(O)SSC(O)C(=O)O. The van der Waals surface area contributed by atoms with Gasteiger partial charge in [-0.15, -0.1) is 0 Å². The number of hydrogen-bond acceptors (Lipinski definition) is 7. The van der Waals surface area contributed by atoms with Gasteiger partial charge in [-0.25, -0.2) is 9.59 Å². The van der Waals surface area contributed by atoms with Gasteiger partial charge in [0, 0.05) is 6.61 Å². The number of aliphatic hydroxyl groups excluding tert-OH is 3. The highest BCUT2D eigenvalue weighted by atomic mass is 33.1. The average Bonchev–Trinajstić information content (AvgIpc) is 2.74. The van der Waals surface area contributed by atoms with Crippen molar-refractivity contribution in [1.29, 1.82) is 0 Å². The van der Waals surface area contributed by atoms with Gasteiger partial charge in [0.2, 0.25) is 10.9 Å². The number of carboxylic acid groups (broad SMARTS) is 2. The molecule has 0 aromatic carbocycles. The second kappa shape index (κ2) is 25.8. The van der Waals surface area contributed by atoms with Crippen LogP contribution in [-0.2, 0) is 9.59 Å². The van der Waals surface area contributed by atoms with Crippen LogP contribution in [0.3, 0.4) is 0 Å². The van der Waals surface area contributed by atoms with Gasteiger partial charge >= 0.3 is 11.9 Å². The van der Waals surface area contributed by atoms with Crippen LogP contribution in [0.5, 0.6) is 0 Å². The number of hydrogen-bond donors (Lipinski definition) is 5. The molecule has 0 saturated heterocycles. The smallest absolute Gasteiger partial charge is 0.344 e. The Labute approximate surface area is 195 Å². The Bertz CT molecular complexity index is 375. The summed E-state index contributed by atoms with van der Waals surface area (Å²) in [6.07, 6.45) is 22.2. The van der Waals surface area contributed by atoms with Crippen molar-refractivity contribution < 1.29 is 35.1 Å². The second-order valence-electron chi connectivity index (χ2n) is 7.60. The van der Waals surface area contributed by atoms with E-state index in [-0.39, 0.29) is 0 Å². The van der Waals surface area contributed by atoms with Crippen molar-refractivity contribution in [2.75, 3.05) is 6.61 Å². The summed E-state index contributed by atoms with van der Waals surface area (Å²) in [6, 6.07) is 0. The van der Waals surface area contributed by atoms with Gasteiger partial charge in [-0.2, -0.15) is 0 Å². The molecule has 0 saturated carbocycles. The zero-order valence-electron chi connectivity index (χ0n) is 19.0. The molecule has 2 atom stereocenters. The zero-order chi connectivity index (χ0) is 23.7. The quantitative estimate of drug-likeness (QED) is 0.0822. The molecule has 0 heterocycles. The van der Waals surface area contributed by atoms with Gasteiger partial charge in [0.15, 0.2) is 0 Å². The third-order valence-electron chi connectivity index (χ3n) is 4.67. The number of unbranched alkanes of at least 4 members (excludes halogenated alkanes) is 15. The van der Waals surface area contributed by atoms with Gasteiger partial charge in [0.05, 0.1) is 0 Å². The lowest BCUT2D eigenvalue weighted by molar-refractivity contribution is -0.142. The minimum atomic E-state index is -1.73. The van der Waals surface area contributed by atoms with E-state index in [1.807, 2.05) is 0 Å². The molecule has 0 aliphatic carbocycles. The molecular formula is C22H44O7S2. The van der Waals surface area contributed by atoms with Crippen molar-refractivity contribution in [3.05, 3.63) is 0 Å². The van der Waals surface area contributed by atoms with E-state index in [2.05, 4.69) is 6.92 Å². The first-order chi connectivity index (χ1) is 14.9. The molecule has 0 amide bonds. The Balaban J connectivity index is 0. The fraction of sp³-hybridized carbons (Fsp3) is 0.909. The molecule has 2 unspecified atom stereocenters. The summed E-state index contributed by atoms with van der Waals surface area (Å²) >= 11 is 0. The predicted octanol–water partition coefficient (Wildman–Crippen LogP) is 5.41. The molecule has 5 N–H and O–H groups in total. The second-order valence-corrected chi connectivity index (χ2v) is 10.0. The topological polar surface area (TPSA) is 135 Å². The van der Waals surface area contributed by atoms with E-state index < -0.39 is 22.8 Å². The molecular weight excluding hydrogens is 440 g/mol. The van der Waals surface area contributed by atoms with Gasteiger partial charge in [0.1, 0.15) is 0 Å². The van der Waals surface area contributed by atoms with E-state index in [0.717, 1.165) is 6.42 Å². The molecule has 0 aliphatic rings. The lowest BCUT2D eigenvalue weighted by atomic mass is 10.0. The third-order valence-corrected chi connectivity index (χ3v) is 6.98. The Kier molecular flexibility index (Phi) is 27.2. The molecule has 0 aromatic heterocycles. The summed E-state index contributed by atoms with van der Waals surface area (Å²) < 4.78 is 0. The number of carbonyl (C=O) groups is 2. The van der Waals surface area contributed by atoms with Crippen LogP contribution in [0.4, 0.5) is 0 Å². The van der Waals surface area contributed by atoms with Crippen LogP contribution in [0.15, 0.2) is 0 Å². The highest BCUT2D eigenvalue weighted by Crippen LogP contribution is 2.28. The molecule has 0 spiro atoms. The Morgan fingerprint density at radius 2 is 0.839 bits per heavy atom. The predicted molar refractivity (Wildman–Crippen MR) is 129 cm³/mol. The van der Waals surface area contributed by atoms with E-state index in [1.54, 1.807) is 0 Å². The highest BCUT2D eigenvalue weighted by Gasteiger charge is 2.20. The van der Waals surface area contributed by atoms with Gasteiger partial charge in [0.25, 0.3) is 0 Å². The molecule has 0 aromatic rings. The van der Waals surface area contributed by atoms with E-state index in [4.69, 9.17) is 25.5 Å². The Morgan fingerprint density at radius 1 is 0.581 bits per heavy atom. The van der Waals surface area contributed by atoms with Crippen LogP contribution in [0, 0.1) is 0 Å². The van der Waals surface area contributed by atoms with Crippen molar-refractivity contribution in [3.8, 4) is 0 Å². The first-order valence-corrected chi connectivity index (χ1v) is 13.9. The monoisotopic (exact) mass is 484 g/mol. The molecule has 0 bridgehead atoms. The summed E-state index contributed by atoms with van der Waals surface area (Å²) in [6.45, 7) is 2.66. The summed E-state index contributed by atoms with van der Waals surface area (Å²) in [4.78, 5) is 19.9. The van der Waals surface area contributed by atoms with E-state index in [0.29, 0.717) is 28.2 Å². The van der Waals surface area contributed by atoms with E-state index in [9.17, 15) is 9.59 Å². The molecule has 7 nitrogen and oxygen atoms in total. The largest absolute Gasteiger partial charge is 0.479 e. The maximum absolute atomic E-state index is 9.97. The molecule has 0 radical (unpaired) electrons. The van der Waals surface area contributed by atoms with Gasteiger partial charge in [-0.1, -0.05) is 103 Å². The maximum atomic E-state index is 9.97. The first-order valence-electron chi connectivity index (χ1n) is 11.6. The summed E-state index contributed by atoms with van der Waals surface area (Å²) in [7, 11) is 0.726. The molecule has 0 aliphatic heterocycles. The fourth-order valence-electron chi connectivity index (χ4n) is 2.85. The Morgan fingerprint density at radius 3 is 1.06 bits per heavy atom. The normalized spacial score (nSPS) is 12.6. The van der Waals surface area contributed by atoms with Crippen molar-refractivity contribution in [1.82, 2.24) is 0 Å². The maximum Gasteiger partial charge on any atom is 0.344 e. The van der Waals surface area contributed by atoms with Gasteiger partial charge < -0.3 is 25.5 Å². The molecule has 0 fully saturated rings. The minimum Gasteiger partial charge on any atom is -0.479 e. The van der Waals surface area contributed by atoms with Crippen molar-refractivity contribution >= 4 is 33.5 Å². The van der Waals surface area contributed by atoms with Gasteiger partial charge in [-0.3, -0.25) is 0 Å². The van der Waals surface area contributed by atoms with Crippen molar-refractivity contribution in [2.24, 2.45) is 0 Å². The summed E-state index contributed by atoms with van der Waals surface area (Å²) in [5, 5.41) is 42.1. The number of aliphatic carboxylic acids is 2. The molecule has 0 rings (SSSR count). The van der Waals surface area contributed by atoms with Crippen molar-refractivity contribution in [3.63, 3.8) is 0 Å². The van der Waals surface area contributed by atoms with Crippen molar-refractivity contribution in [2.45, 2.75) is 121 Å². The standard InChI is InChI=1S/C18H38O.C4H6O6S2/c1-2-3-4-5-6-7-8-9-10-11-12-13-14-15-16-17-18-19;5-1(6)3(9)11-12-4(10)2(7)8/h19H,2-18H2,1H3;3-4,9-10H,(H,5,6)(H,7,8). The Hall–Kier alpha value is -0.480. The highest BCUT2D eigenvalue weighted by molar-refractivity contribution is 8.77. The van der Waals surface area contributed by atoms with Gasteiger partial charge in [-0.05, 0) is 28.0 Å². The first kappa shape index (κ1) is 32.7. The lowest BCUT2D eigenvalue weighted by Crippen LogP contribution is -2.17. The van der Waals surface area contributed by atoms with Crippen LogP contribution in [-0.4, -0.2) is 55.0 Å². The van der Waals surface area contributed by atoms with Crippen LogP contribution in [0.2, 0.25) is 0 Å². The fourth-order valence-corrected chi connectivity index (χ4v) is 4.35. The molecule has 186 valence electrons. The number of aliphatic hydroxyl groups is 3. The molecule has 31 heavy (non-hydrogen) atoms. The van der Waals surface area contributed by atoms with Crippen LogP contribution in [0.1, 0.15) is 110 Å². The summed E-state index contributed by atoms with van der Waals surface area (Å²) in [5.74, 6) is -2.96. The summed E-state index contributed by atoms with van der Waals surface area (Å²) in [5.41, 5.74) is -3.46. The van der Waals surface area contributed by atoms with E-state index in [1.165, 1.54) is 96.3 Å². The van der Waals surface area contributed by atoms with Crippen LogP contribution < -0.4 is 0 Å². The zero-order valence-corrected chi connectivity index (χ0v) is 20.7. The third kappa shape index (κ3) is 27.5. The number of carboxylic acids is 2. The lowest BCUT2D eigenvalue weighted by Gasteiger charge is -2.05. The molecule has 9 heteroatoms. The van der Waals surface area contributed by atoms with Crippen LogP contribution in [0.25, 0.3) is 0 Å².